The molecule has 0 radical (unpaired) electrons. The van der Waals surface area contributed by atoms with Crippen LogP contribution in [0.15, 0.2) is 53.5 Å². The summed E-state index contributed by atoms with van der Waals surface area (Å²) in [4.78, 5) is 4.17. The maximum absolute atomic E-state index is 12.2. The number of alkyl halides is 3. The Morgan fingerprint density at radius 1 is 0.964 bits per heavy atom. The lowest BCUT2D eigenvalue weighted by molar-refractivity contribution is -0.153. The number of benzene rings is 2. The summed E-state index contributed by atoms with van der Waals surface area (Å²) in [6.07, 6.45) is -4.35. The number of aliphatic imine (C=N–C) groups is 1. The first kappa shape index (κ1) is 21.4. The number of ether oxygens (including phenoxy) is 2. The van der Waals surface area contributed by atoms with E-state index in [9.17, 15) is 13.2 Å². The van der Waals surface area contributed by atoms with Gasteiger partial charge in [-0.3, -0.25) is 4.99 Å². The molecular weight excluding hydrogens is 371 g/mol. The number of rotatable bonds is 8. The zero-order chi connectivity index (χ0) is 20.4. The van der Waals surface area contributed by atoms with Gasteiger partial charge in [0.2, 0.25) is 0 Å². The smallest absolute Gasteiger partial charge is 0.422 e. The van der Waals surface area contributed by atoms with E-state index in [1.165, 1.54) is 12.1 Å². The van der Waals surface area contributed by atoms with Gasteiger partial charge in [0, 0.05) is 25.7 Å². The number of para-hydroxylation sites is 1. The SMILES string of the molecule is CCOc1ccccc1CNC(=NC)NCc1ccc(OCC(F)(F)F)cc1. The molecule has 0 saturated heterocycles. The molecule has 0 heterocycles. The maximum Gasteiger partial charge on any atom is 0.422 e. The largest absolute Gasteiger partial charge is 0.494 e. The monoisotopic (exact) mass is 395 g/mol. The molecule has 0 amide bonds. The summed E-state index contributed by atoms with van der Waals surface area (Å²) in [5.41, 5.74) is 1.90. The van der Waals surface area contributed by atoms with Gasteiger partial charge in [-0.05, 0) is 30.7 Å². The van der Waals surface area contributed by atoms with Gasteiger partial charge in [-0.1, -0.05) is 30.3 Å². The van der Waals surface area contributed by atoms with E-state index < -0.39 is 12.8 Å². The molecule has 28 heavy (non-hydrogen) atoms. The molecule has 0 saturated carbocycles. The average Bonchev–Trinajstić information content (AvgIpc) is 2.68. The van der Waals surface area contributed by atoms with Crippen LogP contribution in [-0.4, -0.2) is 32.4 Å². The number of nitrogens with one attached hydrogen (secondary N) is 2. The minimum atomic E-state index is -4.35. The minimum Gasteiger partial charge on any atom is -0.494 e. The molecule has 0 unspecified atom stereocenters. The number of hydrogen-bond acceptors (Lipinski definition) is 3. The first-order valence-corrected chi connectivity index (χ1v) is 8.85. The van der Waals surface area contributed by atoms with Crippen molar-refractivity contribution in [3.8, 4) is 11.5 Å². The first-order valence-electron chi connectivity index (χ1n) is 8.85. The van der Waals surface area contributed by atoms with E-state index in [0.717, 1.165) is 16.9 Å². The fourth-order valence-electron chi connectivity index (χ4n) is 2.40. The summed E-state index contributed by atoms with van der Waals surface area (Å²) >= 11 is 0. The van der Waals surface area contributed by atoms with Crippen LogP contribution in [0.25, 0.3) is 0 Å². The van der Waals surface area contributed by atoms with Gasteiger partial charge in [-0.15, -0.1) is 0 Å². The highest BCUT2D eigenvalue weighted by atomic mass is 19.4. The van der Waals surface area contributed by atoms with Crippen LogP contribution < -0.4 is 20.1 Å². The Kier molecular flexibility index (Phi) is 7.98. The standard InChI is InChI=1S/C20H24F3N3O2/c1-3-27-18-7-5-4-6-16(18)13-26-19(24-2)25-12-15-8-10-17(11-9-15)28-14-20(21,22)23/h4-11H,3,12-14H2,1-2H3,(H2,24,25,26). The summed E-state index contributed by atoms with van der Waals surface area (Å²) in [7, 11) is 1.66. The molecule has 0 fully saturated rings. The van der Waals surface area contributed by atoms with E-state index in [4.69, 9.17) is 9.47 Å². The summed E-state index contributed by atoms with van der Waals surface area (Å²) < 4.78 is 46.8. The molecule has 0 aliphatic rings. The van der Waals surface area contributed by atoms with Crippen molar-refractivity contribution in [3.05, 3.63) is 59.7 Å². The third-order valence-electron chi connectivity index (χ3n) is 3.73. The number of halogens is 3. The zero-order valence-corrected chi connectivity index (χ0v) is 15.8. The summed E-state index contributed by atoms with van der Waals surface area (Å²) in [6, 6.07) is 14.2. The van der Waals surface area contributed by atoms with Crippen molar-refractivity contribution in [2.45, 2.75) is 26.2 Å². The van der Waals surface area contributed by atoms with Gasteiger partial charge < -0.3 is 20.1 Å². The molecule has 2 aromatic rings. The highest BCUT2D eigenvalue weighted by Gasteiger charge is 2.28. The van der Waals surface area contributed by atoms with Gasteiger partial charge in [0.05, 0.1) is 6.61 Å². The lowest BCUT2D eigenvalue weighted by Gasteiger charge is -2.14. The van der Waals surface area contributed by atoms with Crippen molar-refractivity contribution < 1.29 is 22.6 Å². The number of hydrogen-bond donors (Lipinski definition) is 2. The fourth-order valence-corrected chi connectivity index (χ4v) is 2.40. The molecule has 0 spiro atoms. The van der Waals surface area contributed by atoms with Crippen molar-refractivity contribution in [3.63, 3.8) is 0 Å². The summed E-state index contributed by atoms with van der Waals surface area (Å²) in [5, 5.41) is 6.37. The molecule has 0 aliphatic carbocycles. The van der Waals surface area contributed by atoms with Gasteiger partial charge >= 0.3 is 6.18 Å². The quantitative estimate of drug-likeness (QED) is 0.526. The Balaban J connectivity index is 1.84. The molecular formula is C20H24F3N3O2. The van der Waals surface area contributed by atoms with E-state index >= 15 is 0 Å². The summed E-state index contributed by atoms with van der Waals surface area (Å²) in [5.74, 6) is 1.60. The van der Waals surface area contributed by atoms with Crippen LogP contribution in [0.4, 0.5) is 13.2 Å². The van der Waals surface area contributed by atoms with E-state index in [0.29, 0.717) is 25.7 Å². The third kappa shape index (κ3) is 7.38. The lowest BCUT2D eigenvalue weighted by atomic mass is 10.2. The topological polar surface area (TPSA) is 54.9 Å². The molecule has 8 heteroatoms. The highest BCUT2D eigenvalue weighted by molar-refractivity contribution is 5.79. The van der Waals surface area contributed by atoms with Gasteiger partial charge in [-0.25, -0.2) is 0 Å². The van der Waals surface area contributed by atoms with Crippen LogP contribution in [-0.2, 0) is 13.1 Å². The predicted octanol–water partition coefficient (Wildman–Crippen LogP) is 3.89. The van der Waals surface area contributed by atoms with Crippen molar-refractivity contribution in [2.75, 3.05) is 20.3 Å². The summed E-state index contributed by atoms with van der Waals surface area (Å²) in [6.45, 7) is 2.23. The number of guanidine groups is 1. The second-order valence-corrected chi connectivity index (χ2v) is 5.87. The van der Waals surface area contributed by atoms with Crippen LogP contribution in [0.1, 0.15) is 18.1 Å². The molecule has 2 N–H and O–H groups in total. The Bertz CT molecular complexity index is 762. The van der Waals surface area contributed by atoms with Gasteiger partial charge in [0.25, 0.3) is 0 Å². The first-order chi connectivity index (χ1) is 13.4. The van der Waals surface area contributed by atoms with E-state index in [1.54, 1.807) is 19.2 Å². The van der Waals surface area contributed by atoms with Crippen LogP contribution in [0, 0.1) is 0 Å². The van der Waals surface area contributed by atoms with Crippen LogP contribution in [0.2, 0.25) is 0 Å². The van der Waals surface area contributed by atoms with Gasteiger partial charge in [-0.2, -0.15) is 13.2 Å². The van der Waals surface area contributed by atoms with Crippen LogP contribution in [0.5, 0.6) is 11.5 Å². The molecule has 5 nitrogen and oxygen atoms in total. The van der Waals surface area contributed by atoms with Crippen LogP contribution in [0.3, 0.4) is 0 Å². The minimum absolute atomic E-state index is 0.177. The maximum atomic E-state index is 12.2. The molecule has 2 aromatic carbocycles. The molecule has 0 aliphatic heterocycles. The molecule has 2 rings (SSSR count). The Morgan fingerprint density at radius 2 is 1.64 bits per heavy atom. The Labute approximate surface area is 162 Å². The molecule has 0 atom stereocenters. The van der Waals surface area contributed by atoms with Gasteiger partial charge in [0.1, 0.15) is 11.5 Å². The van der Waals surface area contributed by atoms with Crippen molar-refractivity contribution in [1.82, 2.24) is 10.6 Å². The molecule has 152 valence electrons. The predicted molar refractivity (Wildman–Crippen MR) is 103 cm³/mol. The number of nitrogens with zero attached hydrogens (tertiary/aromatic N) is 1. The lowest BCUT2D eigenvalue weighted by Crippen LogP contribution is -2.36. The molecule has 0 bridgehead atoms. The van der Waals surface area contributed by atoms with E-state index in [2.05, 4.69) is 15.6 Å². The molecule has 0 aromatic heterocycles. The average molecular weight is 395 g/mol. The van der Waals surface area contributed by atoms with Gasteiger partial charge in [0.15, 0.2) is 12.6 Å². The van der Waals surface area contributed by atoms with E-state index in [-0.39, 0.29) is 5.75 Å². The normalized spacial score (nSPS) is 11.8. The Hall–Kier alpha value is -2.90. The van der Waals surface area contributed by atoms with E-state index in [1.807, 2.05) is 31.2 Å². The fraction of sp³-hybridized carbons (Fsp3) is 0.350. The van der Waals surface area contributed by atoms with Crippen molar-refractivity contribution in [2.24, 2.45) is 4.99 Å². The third-order valence-corrected chi connectivity index (χ3v) is 3.73. The van der Waals surface area contributed by atoms with Crippen molar-refractivity contribution >= 4 is 5.96 Å². The highest BCUT2D eigenvalue weighted by Crippen LogP contribution is 2.19. The van der Waals surface area contributed by atoms with Crippen molar-refractivity contribution in [1.29, 1.82) is 0 Å². The van der Waals surface area contributed by atoms with Crippen LogP contribution >= 0.6 is 0 Å². The second kappa shape index (κ2) is 10.4. The zero-order valence-electron chi connectivity index (χ0n) is 15.8. The Morgan fingerprint density at radius 3 is 2.29 bits per heavy atom. The second-order valence-electron chi connectivity index (χ2n) is 5.87.